The number of thioether (sulfide) groups is 1. The van der Waals surface area contributed by atoms with E-state index in [1.807, 2.05) is 18.2 Å². The maximum absolute atomic E-state index is 6.38. The topological polar surface area (TPSA) is 69.1 Å². The number of rotatable bonds is 6. The Bertz CT molecular complexity index is 1050. The van der Waals surface area contributed by atoms with E-state index in [9.17, 15) is 0 Å². The average Bonchev–Trinajstić information content (AvgIpc) is 3.23. The lowest BCUT2D eigenvalue weighted by Crippen LogP contribution is -2.17. The zero-order chi connectivity index (χ0) is 18.8. The fraction of sp³-hybridized carbons (Fsp3) is 0.250. The van der Waals surface area contributed by atoms with Gasteiger partial charge in [0.1, 0.15) is 0 Å². The summed E-state index contributed by atoms with van der Waals surface area (Å²) in [6.07, 6.45) is 0.712. The molecule has 0 aliphatic rings. The first-order valence-electron chi connectivity index (χ1n) is 8.81. The maximum atomic E-state index is 6.38. The number of fused-ring (bicyclic) bond motifs is 1. The van der Waals surface area contributed by atoms with Crippen molar-refractivity contribution in [2.24, 2.45) is 5.73 Å². The van der Waals surface area contributed by atoms with E-state index in [0.29, 0.717) is 12.2 Å². The molecule has 2 heterocycles. The van der Waals surface area contributed by atoms with Crippen molar-refractivity contribution >= 4 is 28.1 Å². The van der Waals surface area contributed by atoms with Gasteiger partial charge in [-0.2, -0.15) is 4.52 Å². The van der Waals surface area contributed by atoms with Gasteiger partial charge < -0.3 is 5.73 Å². The number of benzene rings is 2. The first-order valence-corrected chi connectivity index (χ1v) is 10.6. The molecule has 2 N–H and O–H groups in total. The van der Waals surface area contributed by atoms with Crippen LogP contribution in [0.5, 0.6) is 0 Å². The highest BCUT2D eigenvalue weighted by Crippen LogP contribution is 2.29. The Morgan fingerprint density at radius 3 is 2.74 bits per heavy atom. The highest BCUT2D eigenvalue weighted by molar-refractivity contribution is 8.00. The van der Waals surface area contributed by atoms with Crippen molar-refractivity contribution in [2.75, 3.05) is 0 Å². The Hall–Kier alpha value is -2.22. The minimum absolute atomic E-state index is 0.235. The van der Waals surface area contributed by atoms with E-state index >= 15 is 0 Å². The molecule has 1 atom stereocenters. The molecular formula is C20H21N5S2. The fourth-order valence-electron chi connectivity index (χ4n) is 2.96. The van der Waals surface area contributed by atoms with Crippen LogP contribution in [0.4, 0.5) is 0 Å². The average molecular weight is 396 g/mol. The van der Waals surface area contributed by atoms with Gasteiger partial charge in [-0.1, -0.05) is 77.2 Å². The lowest BCUT2D eigenvalue weighted by atomic mass is 10.1. The summed E-state index contributed by atoms with van der Waals surface area (Å²) in [6, 6.07) is 16.5. The SMILES string of the molecule is Cc1ccc(C)c(CSc2nn3c(C(N)Cc4ccccc4)nnc3s2)c1. The van der Waals surface area contributed by atoms with Gasteiger partial charge in [0.25, 0.3) is 0 Å². The van der Waals surface area contributed by atoms with E-state index in [0.717, 1.165) is 15.1 Å². The Morgan fingerprint density at radius 1 is 1.11 bits per heavy atom. The fourth-order valence-corrected chi connectivity index (χ4v) is 4.91. The Morgan fingerprint density at radius 2 is 1.93 bits per heavy atom. The van der Waals surface area contributed by atoms with Crippen molar-refractivity contribution in [1.29, 1.82) is 0 Å². The molecule has 0 saturated carbocycles. The molecule has 4 aromatic rings. The summed E-state index contributed by atoms with van der Waals surface area (Å²) < 4.78 is 2.78. The predicted octanol–water partition coefficient (Wildman–Crippen LogP) is 4.34. The minimum atomic E-state index is -0.235. The van der Waals surface area contributed by atoms with Gasteiger partial charge in [-0.05, 0) is 37.0 Å². The van der Waals surface area contributed by atoms with E-state index in [4.69, 9.17) is 10.8 Å². The molecule has 7 heteroatoms. The van der Waals surface area contributed by atoms with E-state index in [1.54, 1.807) is 27.6 Å². The first-order chi connectivity index (χ1) is 13.1. The standard InChI is InChI=1S/C20H21N5S2/c1-13-8-9-14(2)16(10-13)12-26-20-24-25-18(22-23-19(25)27-20)17(21)11-15-6-4-3-5-7-15/h3-10,17H,11-12,21H2,1-2H3. The van der Waals surface area contributed by atoms with Gasteiger partial charge in [0.05, 0.1) is 6.04 Å². The predicted molar refractivity (Wildman–Crippen MR) is 111 cm³/mol. The molecule has 138 valence electrons. The summed E-state index contributed by atoms with van der Waals surface area (Å²) >= 11 is 3.29. The second-order valence-electron chi connectivity index (χ2n) is 6.64. The molecule has 5 nitrogen and oxygen atoms in total. The van der Waals surface area contributed by atoms with E-state index in [2.05, 4.69) is 54.4 Å². The van der Waals surface area contributed by atoms with Crippen molar-refractivity contribution < 1.29 is 0 Å². The minimum Gasteiger partial charge on any atom is -0.321 e. The molecule has 0 amide bonds. The molecule has 0 fully saturated rings. The maximum Gasteiger partial charge on any atom is 0.235 e. The molecule has 0 aliphatic carbocycles. The molecular weight excluding hydrogens is 374 g/mol. The smallest absolute Gasteiger partial charge is 0.235 e. The van der Waals surface area contributed by atoms with Crippen LogP contribution in [0.1, 0.15) is 34.1 Å². The van der Waals surface area contributed by atoms with Gasteiger partial charge in [-0.25, -0.2) is 0 Å². The molecule has 0 saturated heterocycles. The third kappa shape index (κ3) is 4.05. The normalized spacial score (nSPS) is 12.6. The van der Waals surface area contributed by atoms with Crippen LogP contribution >= 0.6 is 23.1 Å². The molecule has 2 aromatic carbocycles. The van der Waals surface area contributed by atoms with Crippen molar-refractivity contribution in [3.63, 3.8) is 0 Å². The highest BCUT2D eigenvalue weighted by atomic mass is 32.2. The monoisotopic (exact) mass is 395 g/mol. The summed E-state index contributed by atoms with van der Waals surface area (Å²) in [7, 11) is 0. The molecule has 0 bridgehead atoms. The van der Waals surface area contributed by atoms with Crippen LogP contribution in [0.15, 0.2) is 52.9 Å². The van der Waals surface area contributed by atoms with Gasteiger partial charge in [-0.15, -0.1) is 15.3 Å². The highest BCUT2D eigenvalue weighted by Gasteiger charge is 2.18. The van der Waals surface area contributed by atoms with E-state index in [-0.39, 0.29) is 6.04 Å². The van der Waals surface area contributed by atoms with Crippen LogP contribution in [-0.4, -0.2) is 19.8 Å². The van der Waals surface area contributed by atoms with Crippen molar-refractivity contribution in [3.05, 3.63) is 76.6 Å². The van der Waals surface area contributed by atoms with Crippen LogP contribution in [0.2, 0.25) is 0 Å². The van der Waals surface area contributed by atoms with Crippen LogP contribution in [0, 0.1) is 13.8 Å². The quantitative estimate of drug-likeness (QED) is 0.492. The number of nitrogens with two attached hydrogens (primary N) is 1. The third-order valence-electron chi connectivity index (χ3n) is 4.48. The van der Waals surface area contributed by atoms with Gasteiger partial charge in [0, 0.05) is 5.75 Å². The number of hydrogen-bond acceptors (Lipinski definition) is 6. The number of aryl methyl sites for hydroxylation is 2. The van der Waals surface area contributed by atoms with Gasteiger partial charge in [0.15, 0.2) is 10.2 Å². The van der Waals surface area contributed by atoms with Crippen LogP contribution in [0.25, 0.3) is 4.96 Å². The van der Waals surface area contributed by atoms with Crippen LogP contribution in [-0.2, 0) is 12.2 Å². The number of aromatic nitrogens is 4. The van der Waals surface area contributed by atoms with Gasteiger partial charge in [0.2, 0.25) is 4.96 Å². The molecule has 2 aromatic heterocycles. The van der Waals surface area contributed by atoms with Crippen molar-refractivity contribution in [3.8, 4) is 0 Å². The van der Waals surface area contributed by atoms with Crippen LogP contribution < -0.4 is 5.73 Å². The lowest BCUT2D eigenvalue weighted by molar-refractivity contribution is 0.635. The second-order valence-corrected chi connectivity index (χ2v) is 8.81. The summed E-state index contributed by atoms with van der Waals surface area (Å²) in [5, 5.41) is 13.2. The number of nitrogens with zero attached hydrogens (tertiary/aromatic N) is 4. The van der Waals surface area contributed by atoms with Crippen molar-refractivity contribution in [1.82, 2.24) is 19.8 Å². The molecule has 27 heavy (non-hydrogen) atoms. The third-order valence-corrected chi connectivity index (χ3v) is 6.56. The lowest BCUT2D eigenvalue weighted by Gasteiger charge is -2.08. The van der Waals surface area contributed by atoms with E-state index < -0.39 is 0 Å². The summed E-state index contributed by atoms with van der Waals surface area (Å²) in [6.45, 7) is 4.27. The molecule has 0 radical (unpaired) electrons. The van der Waals surface area contributed by atoms with Crippen molar-refractivity contribution in [2.45, 2.75) is 36.4 Å². The van der Waals surface area contributed by atoms with E-state index in [1.165, 1.54) is 22.3 Å². The molecule has 0 aliphatic heterocycles. The molecule has 0 spiro atoms. The summed E-state index contributed by atoms with van der Waals surface area (Å²) in [4.78, 5) is 0.789. The zero-order valence-electron chi connectivity index (χ0n) is 15.3. The summed E-state index contributed by atoms with van der Waals surface area (Å²) in [5.41, 5.74) is 11.5. The van der Waals surface area contributed by atoms with Gasteiger partial charge >= 0.3 is 0 Å². The largest absolute Gasteiger partial charge is 0.321 e. The van der Waals surface area contributed by atoms with Crippen LogP contribution in [0.3, 0.4) is 0 Å². The number of hydrogen-bond donors (Lipinski definition) is 1. The summed E-state index contributed by atoms with van der Waals surface area (Å²) in [5.74, 6) is 1.60. The molecule has 1 unspecified atom stereocenters. The Balaban J connectivity index is 1.51. The second kappa shape index (κ2) is 7.80. The first kappa shape index (κ1) is 18.2. The van der Waals surface area contributed by atoms with Gasteiger partial charge in [-0.3, -0.25) is 0 Å². The molecule has 4 rings (SSSR count). The zero-order valence-corrected chi connectivity index (χ0v) is 16.9. The Kier molecular flexibility index (Phi) is 5.24. The Labute approximate surface area is 166 Å².